The summed E-state index contributed by atoms with van der Waals surface area (Å²) in [6, 6.07) is 9.54. The molecule has 0 aromatic heterocycles. The number of benzene rings is 1. The molecule has 1 aliphatic rings. The molecule has 2 heteroatoms. The van der Waals surface area contributed by atoms with Crippen molar-refractivity contribution in [1.82, 2.24) is 0 Å². The molecule has 1 atom stereocenters. The van der Waals surface area contributed by atoms with Gasteiger partial charge in [-0.25, -0.2) is 0 Å². The van der Waals surface area contributed by atoms with Gasteiger partial charge in [-0.05, 0) is 30.5 Å². The Hall–Kier alpha value is -1.62. The maximum Gasteiger partial charge on any atom is 0.140 e. The fraction of sp³-hybridized carbons (Fsp3) is 0.385. The van der Waals surface area contributed by atoms with Gasteiger partial charge in [0.15, 0.2) is 0 Å². The number of rotatable bonds is 1. The highest BCUT2D eigenvalue weighted by atomic mass is 16.1. The summed E-state index contributed by atoms with van der Waals surface area (Å²) in [5.74, 6) is 0.364. The molecular formula is C13H13NO. The summed E-state index contributed by atoms with van der Waals surface area (Å²) in [7, 11) is 0. The lowest BCUT2D eigenvalue weighted by Crippen LogP contribution is -2.16. The van der Waals surface area contributed by atoms with E-state index in [1.165, 1.54) is 0 Å². The summed E-state index contributed by atoms with van der Waals surface area (Å²) in [5.41, 5.74) is 1.66. The van der Waals surface area contributed by atoms with E-state index in [2.05, 4.69) is 6.07 Å². The lowest BCUT2D eigenvalue weighted by molar-refractivity contribution is -0.121. The Morgan fingerprint density at radius 2 is 2.20 bits per heavy atom. The highest BCUT2D eigenvalue weighted by molar-refractivity contribution is 5.86. The summed E-state index contributed by atoms with van der Waals surface area (Å²) in [6.45, 7) is 0. The number of hydrogen-bond acceptors (Lipinski definition) is 2. The number of hydrogen-bond donors (Lipinski definition) is 0. The smallest absolute Gasteiger partial charge is 0.140 e. The van der Waals surface area contributed by atoms with Crippen LogP contribution in [0.5, 0.6) is 0 Å². The van der Waals surface area contributed by atoms with Gasteiger partial charge in [-0.1, -0.05) is 18.6 Å². The van der Waals surface area contributed by atoms with Gasteiger partial charge in [-0.3, -0.25) is 4.79 Å². The second-order valence-electron chi connectivity index (χ2n) is 4.00. The molecular weight excluding hydrogens is 186 g/mol. The Kier molecular flexibility index (Phi) is 2.82. The molecule has 0 spiro atoms. The van der Waals surface area contributed by atoms with Crippen molar-refractivity contribution in [3.63, 3.8) is 0 Å². The monoisotopic (exact) mass is 199 g/mol. The first-order valence-corrected chi connectivity index (χ1v) is 5.34. The summed E-state index contributed by atoms with van der Waals surface area (Å²) in [6.07, 6.45) is 3.77. The van der Waals surface area contributed by atoms with Crippen molar-refractivity contribution < 1.29 is 4.79 Å². The zero-order valence-electron chi connectivity index (χ0n) is 8.57. The number of carbonyl (C=O) groups excluding carboxylic acids is 1. The largest absolute Gasteiger partial charge is 0.299 e. The number of nitriles is 1. The zero-order valence-corrected chi connectivity index (χ0v) is 8.57. The lowest BCUT2D eigenvalue weighted by Gasteiger charge is -2.20. The van der Waals surface area contributed by atoms with Gasteiger partial charge in [0.05, 0.1) is 11.6 Å². The van der Waals surface area contributed by atoms with Gasteiger partial charge < -0.3 is 0 Å². The summed E-state index contributed by atoms with van der Waals surface area (Å²) < 4.78 is 0. The first kappa shape index (κ1) is 9.92. The molecule has 0 heterocycles. The second-order valence-corrected chi connectivity index (χ2v) is 4.00. The predicted molar refractivity (Wildman–Crippen MR) is 57.4 cm³/mol. The Morgan fingerprint density at radius 3 is 2.93 bits per heavy atom. The van der Waals surface area contributed by atoms with Gasteiger partial charge in [0, 0.05) is 12.3 Å². The molecule has 2 rings (SSSR count). The van der Waals surface area contributed by atoms with E-state index in [1.807, 2.05) is 18.2 Å². The minimum absolute atomic E-state index is 0.0343. The van der Waals surface area contributed by atoms with Crippen LogP contribution in [0, 0.1) is 11.3 Å². The van der Waals surface area contributed by atoms with E-state index >= 15 is 0 Å². The highest BCUT2D eigenvalue weighted by Gasteiger charge is 2.23. The van der Waals surface area contributed by atoms with Crippen LogP contribution in [0.2, 0.25) is 0 Å². The normalized spacial score (nSPS) is 21.0. The van der Waals surface area contributed by atoms with E-state index in [9.17, 15) is 4.79 Å². The van der Waals surface area contributed by atoms with Crippen molar-refractivity contribution in [2.45, 2.75) is 31.6 Å². The average Bonchev–Trinajstić information content (AvgIpc) is 2.30. The first-order chi connectivity index (χ1) is 7.31. The molecule has 1 aromatic carbocycles. The standard InChI is InChI=1S/C13H13NO/c14-9-10-4-3-5-11(8-10)12-6-1-2-7-13(12)15/h3-5,8,12H,1-2,6-7H2/t12-/m1/s1. The molecule has 1 aromatic rings. The van der Waals surface area contributed by atoms with E-state index in [-0.39, 0.29) is 5.92 Å². The van der Waals surface area contributed by atoms with Crippen LogP contribution in [0.15, 0.2) is 24.3 Å². The van der Waals surface area contributed by atoms with E-state index in [4.69, 9.17) is 5.26 Å². The van der Waals surface area contributed by atoms with Gasteiger partial charge in [-0.15, -0.1) is 0 Å². The molecule has 1 aliphatic carbocycles. The SMILES string of the molecule is N#Cc1cccc([C@H]2CCCCC2=O)c1. The van der Waals surface area contributed by atoms with Gasteiger partial charge in [0.1, 0.15) is 5.78 Å². The summed E-state index contributed by atoms with van der Waals surface area (Å²) in [4.78, 5) is 11.7. The number of Topliss-reactive ketones (excluding diaryl/α,β-unsaturated/α-hetero) is 1. The predicted octanol–water partition coefficient (Wildman–Crippen LogP) is 2.78. The van der Waals surface area contributed by atoms with Gasteiger partial charge >= 0.3 is 0 Å². The number of carbonyl (C=O) groups is 1. The Labute approximate surface area is 89.5 Å². The number of nitrogens with zero attached hydrogens (tertiary/aromatic N) is 1. The molecule has 2 nitrogen and oxygen atoms in total. The van der Waals surface area contributed by atoms with E-state index in [0.29, 0.717) is 17.8 Å². The minimum Gasteiger partial charge on any atom is -0.299 e. The van der Waals surface area contributed by atoms with Crippen LogP contribution < -0.4 is 0 Å². The molecule has 0 amide bonds. The van der Waals surface area contributed by atoms with E-state index in [1.54, 1.807) is 6.07 Å². The molecule has 0 radical (unpaired) electrons. The van der Waals surface area contributed by atoms with Crippen molar-refractivity contribution in [3.05, 3.63) is 35.4 Å². The van der Waals surface area contributed by atoms with Crippen LogP contribution in [0.4, 0.5) is 0 Å². The summed E-state index contributed by atoms with van der Waals surface area (Å²) in [5, 5.41) is 8.79. The molecule has 0 aliphatic heterocycles. The van der Waals surface area contributed by atoms with Crippen LogP contribution in [0.3, 0.4) is 0 Å². The number of ketones is 1. The molecule has 0 unspecified atom stereocenters. The third-order valence-corrected chi connectivity index (χ3v) is 2.97. The van der Waals surface area contributed by atoms with Crippen LogP contribution >= 0.6 is 0 Å². The van der Waals surface area contributed by atoms with Crippen molar-refractivity contribution >= 4 is 5.78 Å². The Morgan fingerprint density at radius 1 is 1.33 bits per heavy atom. The Balaban J connectivity index is 2.28. The van der Waals surface area contributed by atoms with Crippen molar-refractivity contribution in [2.75, 3.05) is 0 Å². The molecule has 0 bridgehead atoms. The third kappa shape index (κ3) is 2.07. The van der Waals surface area contributed by atoms with Crippen LogP contribution in [0.25, 0.3) is 0 Å². The molecule has 1 fully saturated rings. The molecule has 15 heavy (non-hydrogen) atoms. The fourth-order valence-corrected chi connectivity index (χ4v) is 2.16. The molecule has 1 saturated carbocycles. The third-order valence-electron chi connectivity index (χ3n) is 2.97. The fourth-order valence-electron chi connectivity index (χ4n) is 2.16. The van der Waals surface area contributed by atoms with Crippen molar-refractivity contribution in [3.8, 4) is 6.07 Å². The summed E-state index contributed by atoms with van der Waals surface area (Å²) >= 11 is 0. The van der Waals surface area contributed by atoms with Gasteiger partial charge in [-0.2, -0.15) is 5.26 Å². The zero-order chi connectivity index (χ0) is 10.7. The van der Waals surface area contributed by atoms with Crippen LogP contribution in [-0.4, -0.2) is 5.78 Å². The van der Waals surface area contributed by atoms with Crippen LogP contribution in [-0.2, 0) is 4.79 Å². The van der Waals surface area contributed by atoms with Crippen molar-refractivity contribution in [1.29, 1.82) is 5.26 Å². The molecule has 0 saturated heterocycles. The highest BCUT2D eigenvalue weighted by Crippen LogP contribution is 2.30. The van der Waals surface area contributed by atoms with Gasteiger partial charge in [0.25, 0.3) is 0 Å². The maximum absolute atomic E-state index is 11.7. The maximum atomic E-state index is 11.7. The average molecular weight is 199 g/mol. The molecule has 0 N–H and O–H groups in total. The van der Waals surface area contributed by atoms with Crippen LogP contribution in [0.1, 0.15) is 42.7 Å². The lowest BCUT2D eigenvalue weighted by atomic mass is 9.82. The Bertz CT molecular complexity index is 417. The van der Waals surface area contributed by atoms with E-state index < -0.39 is 0 Å². The van der Waals surface area contributed by atoms with E-state index in [0.717, 1.165) is 24.8 Å². The van der Waals surface area contributed by atoms with Crippen molar-refractivity contribution in [2.24, 2.45) is 0 Å². The second kappa shape index (κ2) is 4.27. The van der Waals surface area contributed by atoms with Gasteiger partial charge in [0.2, 0.25) is 0 Å². The topological polar surface area (TPSA) is 40.9 Å². The quantitative estimate of drug-likeness (QED) is 0.697. The minimum atomic E-state index is 0.0343. The first-order valence-electron chi connectivity index (χ1n) is 5.34. The molecule has 76 valence electrons.